The molecule has 2 N–H and O–H groups in total. The topological polar surface area (TPSA) is 32.3 Å². The number of nitrogens with one attached hydrogen (secondary N) is 1. The smallest absolute Gasteiger partial charge is 0.115 e. The molecule has 0 heterocycles. The fourth-order valence-corrected chi connectivity index (χ4v) is 1.69. The van der Waals surface area contributed by atoms with E-state index in [9.17, 15) is 5.11 Å². The van der Waals surface area contributed by atoms with E-state index < -0.39 is 0 Å². The van der Waals surface area contributed by atoms with E-state index in [1.54, 1.807) is 12.1 Å². The van der Waals surface area contributed by atoms with Gasteiger partial charge in [-0.25, -0.2) is 0 Å². The van der Waals surface area contributed by atoms with Crippen LogP contribution in [-0.2, 0) is 6.42 Å². The Kier molecular flexibility index (Phi) is 4.81. The van der Waals surface area contributed by atoms with E-state index in [0.717, 1.165) is 6.42 Å². The Morgan fingerprint density at radius 1 is 1.06 bits per heavy atom. The van der Waals surface area contributed by atoms with E-state index in [1.807, 2.05) is 12.1 Å². The molecule has 2 nitrogen and oxygen atoms in total. The Morgan fingerprint density at radius 2 is 1.62 bits per heavy atom. The summed E-state index contributed by atoms with van der Waals surface area (Å²) in [7, 11) is 0. The second-order valence-electron chi connectivity index (χ2n) is 4.97. The molecule has 0 saturated heterocycles. The van der Waals surface area contributed by atoms with Crippen LogP contribution >= 0.6 is 0 Å². The SMILES string of the molecule is CC(Cc1ccc(O)cc1)NC(C)C(C)C. The summed E-state index contributed by atoms with van der Waals surface area (Å²) in [6.07, 6.45) is 0.997. The summed E-state index contributed by atoms with van der Waals surface area (Å²) in [5.74, 6) is 0.988. The number of phenols is 1. The minimum atomic E-state index is 0.333. The summed E-state index contributed by atoms with van der Waals surface area (Å²) in [6.45, 7) is 8.87. The van der Waals surface area contributed by atoms with Crippen molar-refractivity contribution in [1.82, 2.24) is 5.32 Å². The molecule has 0 radical (unpaired) electrons. The van der Waals surface area contributed by atoms with Crippen molar-refractivity contribution in [3.8, 4) is 5.75 Å². The van der Waals surface area contributed by atoms with E-state index in [4.69, 9.17) is 0 Å². The van der Waals surface area contributed by atoms with E-state index in [2.05, 4.69) is 33.0 Å². The minimum Gasteiger partial charge on any atom is -0.508 e. The molecule has 0 bridgehead atoms. The van der Waals surface area contributed by atoms with Gasteiger partial charge in [-0.15, -0.1) is 0 Å². The van der Waals surface area contributed by atoms with Crippen LogP contribution in [-0.4, -0.2) is 17.2 Å². The largest absolute Gasteiger partial charge is 0.508 e. The summed E-state index contributed by atoms with van der Waals surface area (Å²) in [5.41, 5.74) is 1.26. The van der Waals surface area contributed by atoms with Gasteiger partial charge in [0.05, 0.1) is 0 Å². The third-order valence-electron chi connectivity index (χ3n) is 3.03. The molecule has 2 heteroatoms. The van der Waals surface area contributed by atoms with Crippen molar-refractivity contribution in [3.63, 3.8) is 0 Å². The quantitative estimate of drug-likeness (QED) is 0.801. The predicted octanol–water partition coefficient (Wildman–Crippen LogP) is 2.96. The van der Waals surface area contributed by atoms with E-state index >= 15 is 0 Å². The first-order valence-corrected chi connectivity index (χ1v) is 6.03. The van der Waals surface area contributed by atoms with Crippen LogP contribution in [0.2, 0.25) is 0 Å². The Balaban J connectivity index is 2.45. The zero-order valence-electron chi connectivity index (χ0n) is 10.7. The highest BCUT2D eigenvalue weighted by Gasteiger charge is 2.10. The molecule has 0 aliphatic carbocycles. The second-order valence-corrected chi connectivity index (χ2v) is 4.97. The van der Waals surface area contributed by atoms with Gasteiger partial charge in [-0.05, 0) is 43.9 Å². The lowest BCUT2D eigenvalue weighted by molar-refractivity contribution is 0.382. The molecule has 0 aromatic heterocycles. The first-order chi connectivity index (χ1) is 7.49. The second kappa shape index (κ2) is 5.90. The van der Waals surface area contributed by atoms with Gasteiger partial charge in [0.15, 0.2) is 0 Å². The van der Waals surface area contributed by atoms with Crippen LogP contribution in [0.25, 0.3) is 0 Å². The average molecular weight is 221 g/mol. The number of benzene rings is 1. The molecule has 0 fully saturated rings. The van der Waals surface area contributed by atoms with Crippen molar-refractivity contribution >= 4 is 0 Å². The maximum Gasteiger partial charge on any atom is 0.115 e. The Labute approximate surface area is 98.7 Å². The number of phenolic OH excluding ortho intramolecular Hbond substituents is 1. The summed E-state index contributed by atoms with van der Waals surface area (Å²) in [4.78, 5) is 0. The molecule has 0 amide bonds. The zero-order chi connectivity index (χ0) is 12.1. The molecule has 1 aromatic rings. The van der Waals surface area contributed by atoms with Gasteiger partial charge in [-0.2, -0.15) is 0 Å². The maximum absolute atomic E-state index is 9.19. The van der Waals surface area contributed by atoms with Gasteiger partial charge in [0, 0.05) is 12.1 Å². The summed E-state index contributed by atoms with van der Waals surface area (Å²) >= 11 is 0. The fourth-order valence-electron chi connectivity index (χ4n) is 1.69. The molecule has 90 valence electrons. The van der Waals surface area contributed by atoms with Gasteiger partial charge in [-0.1, -0.05) is 26.0 Å². The van der Waals surface area contributed by atoms with Gasteiger partial charge < -0.3 is 10.4 Å². The average Bonchev–Trinajstić information content (AvgIpc) is 2.21. The predicted molar refractivity (Wildman–Crippen MR) is 68.7 cm³/mol. The van der Waals surface area contributed by atoms with Gasteiger partial charge in [-0.3, -0.25) is 0 Å². The van der Waals surface area contributed by atoms with Crippen LogP contribution in [0.15, 0.2) is 24.3 Å². The molecule has 0 aliphatic heterocycles. The van der Waals surface area contributed by atoms with Gasteiger partial charge in [0.2, 0.25) is 0 Å². The normalized spacial score (nSPS) is 15.1. The number of rotatable bonds is 5. The van der Waals surface area contributed by atoms with Crippen molar-refractivity contribution in [2.75, 3.05) is 0 Å². The molecule has 0 spiro atoms. The highest BCUT2D eigenvalue weighted by atomic mass is 16.3. The molecule has 16 heavy (non-hydrogen) atoms. The molecule has 1 rings (SSSR count). The molecule has 1 aromatic carbocycles. The number of hydrogen-bond donors (Lipinski definition) is 2. The van der Waals surface area contributed by atoms with E-state index in [1.165, 1.54) is 5.56 Å². The minimum absolute atomic E-state index is 0.333. The van der Waals surface area contributed by atoms with Gasteiger partial charge in [0.25, 0.3) is 0 Å². The Hall–Kier alpha value is -1.02. The molecule has 0 aliphatic rings. The summed E-state index contributed by atoms with van der Waals surface area (Å²) < 4.78 is 0. The Morgan fingerprint density at radius 3 is 2.12 bits per heavy atom. The van der Waals surface area contributed by atoms with E-state index in [-0.39, 0.29) is 0 Å². The van der Waals surface area contributed by atoms with Crippen LogP contribution in [0.5, 0.6) is 5.75 Å². The monoisotopic (exact) mass is 221 g/mol. The molecule has 2 unspecified atom stereocenters. The van der Waals surface area contributed by atoms with Crippen molar-refractivity contribution in [2.24, 2.45) is 5.92 Å². The molecule has 0 saturated carbocycles. The van der Waals surface area contributed by atoms with Crippen molar-refractivity contribution in [3.05, 3.63) is 29.8 Å². The zero-order valence-corrected chi connectivity index (χ0v) is 10.7. The van der Waals surface area contributed by atoms with Crippen LogP contribution in [0.4, 0.5) is 0 Å². The lowest BCUT2D eigenvalue weighted by Crippen LogP contribution is -2.38. The molecular weight excluding hydrogens is 198 g/mol. The maximum atomic E-state index is 9.19. The fraction of sp³-hybridized carbons (Fsp3) is 0.571. The van der Waals surface area contributed by atoms with Crippen molar-refractivity contribution < 1.29 is 5.11 Å². The first-order valence-electron chi connectivity index (χ1n) is 6.03. The number of hydrogen-bond acceptors (Lipinski definition) is 2. The Bertz CT molecular complexity index is 305. The van der Waals surface area contributed by atoms with Crippen LogP contribution < -0.4 is 5.32 Å². The third kappa shape index (κ3) is 4.23. The van der Waals surface area contributed by atoms with E-state index in [0.29, 0.717) is 23.8 Å². The lowest BCUT2D eigenvalue weighted by atomic mass is 10.0. The van der Waals surface area contributed by atoms with Crippen LogP contribution in [0.1, 0.15) is 33.3 Å². The lowest BCUT2D eigenvalue weighted by Gasteiger charge is -2.23. The standard InChI is InChI=1S/C14H23NO/c1-10(2)12(4)15-11(3)9-13-5-7-14(16)8-6-13/h5-8,10-12,15-16H,9H2,1-4H3. The summed E-state index contributed by atoms with van der Waals surface area (Å²) in [6, 6.07) is 8.44. The van der Waals surface area contributed by atoms with Crippen LogP contribution in [0, 0.1) is 5.92 Å². The van der Waals surface area contributed by atoms with Crippen molar-refractivity contribution in [2.45, 2.75) is 46.2 Å². The molecular formula is C14H23NO. The third-order valence-corrected chi connectivity index (χ3v) is 3.03. The van der Waals surface area contributed by atoms with Gasteiger partial charge >= 0.3 is 0 Å². The van der Waals surface area contributed by atoms with Crippen LogP contribution in [0.3, 0.4) is 0 Å². The highest BCUT2D eigenvalue weighted by Crippen LogP contribution is 2.12. The highest BCUT2D eigenvalue weighted by molar-refractivity contribution is 5.26. The number of aromatic hydroxyl groups is 1. The first kappa shape index (κ1) is 13.0. The van der Waals surface area contributed by atoms with Crippen molar-refractivity contribution in [1.29, 1.82) is 0 Å². The molecule has 2 atom stereocenters. The van der Waals surface area contributed by atoms with Gasteiger partial charge in [0.1, 0.15) is 5.75 Å². The summed E-state index contributed by atoms with van der Waals surface area (Å²) in [5, 5.41) is 12.8.